The number of H-pyrrole nitrogens is 1. The fraction of sp³-hybridized carbons (Fsp3) is 0.556. The summed E-state index contributed by atoms with van der Waals surface area (Å²) in [7, 11) is 0. The van der Waals surface area contributed by atoms with Crippen LogP contribution in [0.25, 0.3) is 11.2 Å². The fourth-order valence-corrected chi connectivity index (χ4v) is 4.20. The first-order chi connectivity index (χ1) is 12.0. The zero-order chi connectivity index (χ0) is 18.0. The molecule has 3 rings (SSSR count). The Morgan fingerprint density at radius 3 is 3.00 bits per heavy atom. The van der Waals surface area contributed by atoms with Crippen LogP contribution in [0.5, 0.6) is 0 Å². The van der Waals surface area contributed by atoms with Crippen LogP contribution in [-0.4, -0.2) is 26.3 Å². The Morgan fingerprint density at radius 2 is 2.28 bits per heavy atom. The molecule has 2 aromatic heterocycles. The van der Waals surface area contributed by atoms with E-state index in [1.165, 1.54) is 6.20 Å². The molecule has 0 saturated heterocycles. The number of hydrogen-bond donors (Lipinski definition) is 4. The van der Waals surface area contributed by atoms with Crippen molar-refractivity contribution in [1.29, 1.82) is 10.8 Å². The molecular weight excluding hydrogens is 316 g/mol. The molecule has 3 unspecified atom stereocenters. The Bertz CT molecular complexity index is 835. The molecule has 2 aromatic rings. The molecule has 0 aliphatic heterocycles. The van der Waals surface area contributed by atoms with Gasteiger partial charge in [0.1, 0.15) is 11.3 Å². The number of amides is 1. The maximum Gasteiger partial charge on any atom is 0.217 e. The van der Waals surface area contributed by atoms with Crippen molar-refractivity contribution < 1.29 is 4.79 Å². The molecule has 7 nitrogen and oxygen atoms in total. The lowest BCUT2D eigenvalue weighted by Gasteiger charge is -2.21. The van der Waals surface area contributed by atoms with Gasteiger partial charge in [0, 0.05) is 18.5 Å². The van der Waals surface area contributed by atoms with Gasteiger partial charge in [-0.05, 0) is 43.6 Å². The van der Waals surface area contributed by atoms with Crippen LogP contribution in [0.3, 0.4) is 0 Å². The van der Waals surface area contributed by atoms with E-state index in [-0.39, 0.29) is 17.3 Å². The highest BCUT2D eigenvalue weighted by atomic mass is 16.1. The molecule has 25 heavy (non-hydrogen) atoms. The van der Waals surface area contributed by atoms with Gasteiger partial charge in [-0.3, -0.25) is 20.2 Å². The van der Waals surface area contributed by atoms with Crippen LogP contribution in [-0.2, 0) is 4.79 Å². The summed E-state index contributed by atoms with van der Waals surface area (Å²) in [4.78, 5) is 18.2. The second-order valence-electron chi connectivity index (χ2n) is 7.05. The number of carbonyl (C=O) groups excluding carboxylic acids is 1. The van der Waals surface area contributed by atoms with Gasteiger partial charge in [0.25, 0.3) is 0 Å². The van der Waals surface area contributed by atoms with E-state index in [0.717, 1.165) is 37.6 Å². The van der Waals surface area contributed by atoms with E-state index in [2.05, 4.69) is 16.9 Å². The lowest BCUT2D eigenvalue weighted by atomic mass is 9.92. The topological polar surface area (TPSA) is 124 Å². The molecule has 1 amide bonds. The van der Waals surface area contributed by atoms with Gasteiger partial charge in [-0.15, -0.1) is 0 Å². The van der Waals surface area contributed by atoms with Crippen LogP contribution >= 0.6 is 0 Å². The monoisotopic (exact) mass is 342 g/mol. The van der Waals surface area contributed by atoms with E-state index in [0.29, 0.717) is 29.7 Å². The predicted octanol–water partition coefficient (Wildman–Crippen LogP) is 2.38. The van der Waals surface area contributed by atoms with Crippen LogP contribution in [0.1, 0.15) is 45.4 Å². The molecule has 0 aromatic carbocycles. The number of rotatable bonds is 6. The highest BCUT2D eigenvalue weighted by molar-refractivity contribution is 5.91. The van der Waals surface area contributed by atoms with Gasteiger partial charge < -0.3 is 10.7 Å². The van der Waals surface area contributed by atoms with Gasteiger partial charge in [0.2, 0.25) is 5.91 Å². The van der Waals surface area contributed by atoms with Crippen molar-refractivity contribution in [3.05, 3.63) is 23.9 Å². The van der Waals surface area contributed by atoms with E-state index in [9.17, 15) is 4.79 Å². The summed E-state index contributed by atoms with van der Waals surface area (Å²) in [5.74, 6) is 1.35. The molecule has 0 bridgehead atoms. The van der Waals surface area contributed by atoms with Crippen molar-refractivity contribution in [3.63, 3.8) is 0 Å². The van der Waals surface area contributed by atoms with Crippen LogP contribution in [0, 0.1) is 28.6 Å². The van der Waals surface area contributed by atoms with Crippen molar-refractivity contribution in [2.45, 2.75) is 45.4 Å². The molecule has 2 heterocycles. The number of fused-ring (bicyclic) bond motifs is 1. The highest BCUT2D eigenvalue weighted by Gasteiger charge is 2.36. The highest BCUT2D eigenvalue weighted by Crippen LogP contribution is 2.41. The molecule has 0 spiro atoms. The minimum absolute atomic E-state index is 0.137. The van der Waals surface area contributed by atoms with Gasteiger partial charge >= 0.3 is 0 Å². The molecule has 3 atom stereocenters. The third-order valence-electron chi connectivity index (χ3n) is 5.45. The lowest BCUT2D eigenvalue weighted by molar-refractivity contribution is -0.118. The minimum atomic E-state index is -0.240. The molecular formula is C18H26N6O. The zero-order valence-corrected chi connectivity index (χ0v) is 14.6. The molecule has 1 aliphatic carbocycles. The number of nitrogens with zero attached hydrogens (tertiary/aromatic N) is 2. The average Bonchev–Trinajstić information content (AvgIpc) is 3.20. The molecule has 7 heteroatoms. The smallest absolute Gasteiger partial charge is 0.217 e. The van der Waals surface area contributed by atoms with E-state index in [4.69, 9.17) is 16.6 Å². The summed E-state index contributed by atoms with van der Waals surface area (Å²) in [6.07, 6.45) is 8.58. The Hall–Kier alpha value is -2.44. The Labute approximate surface area is 146 Å². The van der Waals surface area contributed by atoms with Crippen LogP contribution < -0.4 is 11.2 Å². The number of aromatic nitrogens is 3. The number of aromatic amines is 1. The van der Waals surface area contributed by atoms with Crippen LogP contribution in [0.15, 0.2) is 18.5 Å². The van der Waals surface area contributed by atoms with Gasteiger partial charge in [0.15, 0.2) is 5.65 Å². The molecule has 1 aliphatic rings. The summed E-state index contributed by atoms with van der Waals surface area (Å²) >= 11 is 0. The fourth-order valence-electron chi connectivity index (χ4n) is 4.20. The molecule has 0 radical (unpaired) electrons. The Balaban J connectivity index is 1.80. The maximum atomic E-state index is 10.9. The normalized spacial score (nSPS) is 23.2. The van der Waals surface area contributed by atoms with Crippen molar-refractivity contribution in [2.24, 2.45) is 23.5 Å². The first-order valence-corrected chi connectivity index (χ1v) is 8.98. The third kappa shape index (κ3) is 3.50. The van der Waals surface area contributed by atoms with E-state index < -0.39 is 0 Å². The SMILES string of the molecule is CCC1CC(CCCC(N)=O)CC1C(=N)n1c(=N)cnc2[nH]ccc21. The predicted molar refractivity (Wildman–Crippen MR) is 96.1 cm³/mol. The van der Waals surface area contributed by atoms with E-state index in [1.54, 1.807) is 10.8 Å². The largest absolute Gasteiger partial charge is 0.370 e. The first kappa shape index (κ1) is 17.4. The minimum Gasteiger partial charge on any atom is -0.370 e. The number of nitrogens with one attached hydrogen (secondary N) is 3. The summed E-state index contributed by atoms with van der Waals surface area (Å²) < 4.78 is 1.71. The van der Waals surface area contributed by atoms with Crippen molar-refractivity contribution in [1.82, 2.24) is 14.5 Å². The number of primary amides is 1. The quantitative estimate of drug-likeness (QED) is 0.475. The lowest BCUT2D eigenvalue weighted by Crippen LogP contribution is -2.33. The van der Waals surface area contributed by atoms with E-state index >= 15 is 0 Å². The summed E-state index contributed by atoms with van der Waals surface area (Å²) in [6.45, 7) is 2.17. The van der Waals surface area contributed by atoms with Crippen LogP contribution in [0.4, 0.5) is 0 Å². The van der Waals surface area contributed by atoms with E-state index in [1.807, 2.05) is 6.07 Å². The molecule has 1 fully saturated rings. The van der Waals surface area contributed by atoms with Crippen LogP contribution in [0.2, 0.25) is 0 Å². The van der Waals surface area contributed by atoms with Gasteiger partial charge in [-0.25, -0.2) is 4.98 Å². The van der Waals surface area contributed by atoms with Gasteiger partial charge in [-0.2, -0.15) is 0 Å². The van der Waals surface area contributed by atoms with Crippen molar-refractivity contribution in [2.75, 3.05) is 0 Å². The second-order valence-corrected chi connectivity index (χ2v) is 7.05. The van der Waals surface area contributed by atoms with Gasteiger partial charge in [-0.1, -0.05) is 13.3 Å². The number of carbonyl (C=O) groups is 1. The van der Waals surface area contributed by atoms with Gasteiger partial charge in [0.05, 0.1) is 11.7 Å². The number of nitrogens with two attached hydrogens (primary N) is 1. The summed E-state index contributed by atoms with van der Waals surface area (Å²) in [5, 5.41) is 17.0. The maximum absolute atomic E-state index is 10.9. The van der Waals surface area contributed by atoms with Crippen molar-refractivity contribution in [3.8, 4) is 0 Å². The second kappa shape index (κ2) is 7.21. The van der Waals surface area contributed by atoms with Crippen molar-refractivity contribution >= 4 is 22.9 Å². The Morgan fingerprint density at radius 1 is 1.48 bits per heavy atom. The standard InChI is InChI=1S/C18H26N6O/c1-2-12-8-11(4-3-5-16(20)25)9-13(12)17(21)24-14-6-7-22-18(14)23-10-15(24)19/h6-7,10-13,19,21-22H,2-5,8-9H2,1H3,(H2,20,25). The number of hydrogen-bond acceptors (Lipinski definition) is 4. The Kier molecular flexibility index (Phi) is 5.01. The summed E-state index contributed by atoms with van der Waals surface area (Å²) in [6, 6.07) is 1.87. The third-order valence-corrected chi connectivity index (χ3v) is 5.45. The average molecular weight is 342 g/mol. The first-order valence-electron chi connectivity index (χ1n) is 8.98. The molecule has 1 saturated carbocycles. The molecule has 134 valence electrons. The summed E-state index contributed by atoms with van der Waals surface area (Å²) in [5.41, 5.74) is 6.96. The molecule has 5 N–H and O–H groups in total. The zero-order valence-electron chi connectivity index (χ0n) is 14.6.